The van der Waals surface area contributed by atoms with Crippen LogP contribution in [-0.2, 0) is 0 Å². The van der Waals surface area contributed by atoms with E-state index in [1.807, 2.05) is 47.4 Å². The van der Waals surface area contributed by atoms with Crippen LogP contribution in [0, 0.1) is 0 Å². The molecule has 32 heavy (non-hydrogen) atoms. The molecule has 0 N–H and O–H groups in total. The summed E-state index contributed by atoms with van der Waals surface area (Å²) < 4.78 is 5.39. The van der Waals surface area contributed by atoms with E-state index in [2.05, 4.69) is 37.1 Å². The lowest BCUT2D eigenvalue weighted by molar-refractivity contribution is 0.0736. The zero-order valence-electron chi connectivity index (χ0n) is 18.2. The summed E-state index contributed by atoms with van der Waals surface area (Å²) in [6.07, 6.45) is 0. The molecule has 1 aromatic carbocycles. The van der Waals surface area contributed by atoms with Crippen LogP contribution in [0.2, 0.25) is 0 Å². The van der Waals surface area contributed by atoms with Crippen LogP contribution in [-0.4, -0.2) is 90.5 Å². The summed E-state index contributed by atoms with van der Waals surface area (Å²) >= 11 is 0. The molecule has 2 aromatic heterocycles. The molecule has 3 aromatic rings. The highest BCUT2D eigenvalue weighted by molar-refractivity contribution is 5.93. The number of nitrogens with zero attached hydrogens (tertiary/aromatic N) is 7. The third kappa shape index (κ3) is 4.29. The Labute approximate surface area is 187 Å². The molecule has 0 atom stereocenters. The number of rotatable bonds is 4. The topological polar surface area (TPSA) is 81.8 Å². The molecular weight excluding hydrogens is 406 g/mol. The van der Waals surface area contributed by atoms with Gasteiger partial charge < -0.3 is 24.1 Å². The number of carbonyl (C=O) groups is 1. The molecule has 166 valence electrons. The maximum absolute atomic E-state index is 12.9. The van der Waals surface area contributed by atoms with Crippen LogP contribution < -0.4 is 9.80 Å². The zero-order chi connectivity index (χ0) is 21.9. The van der Waals surface area contributed by atoms with Gasteiger partial charge in [-0.05, 0) is 19.2 Å². The maximum atomic E-state index is 12.9. The summed E-state index contributed by atoms with van der Waals surface area (Å²) in [6.45, 7) is 6.64. The first kappa shape index (κ1) is 20.4. The Morgan fingerprint density at radius 3 is 2.00 bits per heavy atom. The predicted molar refractivity (Wildman–Crippen MR) is 122 cm³/mol. The molecular formula is C23H27N7O2. The SMILES string of the molecule is CN1CCN(c2ccc(N3CCN(C(=O)c4cc(-c5ccccc5)on4)CC3)nn2)CC1. The second-order valence-corrected chi connectivity index (χ2v) is 8.26. The van der Waals surface area contributed by atoms with E-state index in [1.54, 1.807) is 6.07 Å². The van der Waals surface area contributed by atoms with Gasteiger partial charge in [0.1, 0.15) is 0 Å². The number of likely N-dealkylation sites (N-methyl/N-ethyl adjacent to an activating group) is 1. The monoisotopic (exact) mass is 433 g/mol. The van der Waals surface area contributed by atoms with E-state index >= 15 is 0 Å². The molecule has 5 rings (SSSR count). The van der Waals surface area contributed by atoms with E-state index in [0.29, 0.717) is 37.6 Å². The minimum absolute atomic E-state index is 0.105. The molecule has 9 nitrogen and oxygen atoms in total. The van der Waals surface area contributed by atoms with E-state index in [9.17, 15) is 4.79 Å². The highest BCUT2D eigenvalue weighted by atomic mass is 16.5. The Kier molecular flexibility index (Phi) is 5.72. The Morgan fingerprint density at radius 2 is 1.41 bits per heavy atom. The second kappa shape index (κ2) is 8.96. The van der Waals surface area contributed by atoms with E-state index in [0.717, 1.165) is 43.4 Å². The lowest BCUT2D eigenvalue weighted by Crippen LogP contribution is -2.49. The van der Waals surface area contributed by atoms with Gasteiger partial charge in [0.2, 0.25) is 0 Å². The highest BCUT2D eigenvalue weighted by Crippen LogP contribution is 2.22. The summed E-state index contributed by atoms with van der Waals surface area (Å²) in [5.41, 5.74) is 1.25. The first-order chi connectivity index (χ1) is 15.7. The van der Waals surface area contributed by atoms with Crippen molar-refractivity contribution in [2.75, 3.05) is 69.2 Å². The molecule has 0 unspecified atom stereocenters. The number of piperazine rings is 2. The van der Waals surface area contributed by atoms with Crippen LogP contribution in [0.4, 0.5) is 11.6 Å². The molecule has 9 heteroatoms. The summed E-state index contributed by atoms with van der Waals surface area (Å²) in [5, 5.41) is 12.9. The van der Waals surface area contributed by atoms with E-state index in [4.69, 9.17) is 4.52 Å². The largest absolute Gasteiger partial charge is 0.355 e. The van der Waals surface area contributed by atoms with Crippen molar-refractivity contribution < 1.29 is 9.32 Å². The number of aromatic nitrogens is 3. The van der Waals surface area contributed by atoms with Crippen molar-refractivity contribution in [3.05, 3.63) is 54.2 Å². The van der Waals surface area contributed by atoms with Crippen LogP contribution in [0.5, 0.6) is 0 Å². The molecule has 0 aliphatic carbocycles. The minimum Gasteiger partial charge on any atom is -0.355 e. The van der Waals surface area contributed by atoms with Crippen molar-refractivity contribution in [3.8, 4) is 11.3 Å². The first-order valence-electron chi connectivity index (χ1n) is 11.0. The van der Waals surface area contributed by atoms with Crippen molar-refractivity contribution in [1.29, 1.82) is 0 Å². The van der Waals surface area contributed by atoms with E-state index in [1.165, 1.54) is 0 Å². The first-order valence-corrected chi connectivity index (χ1v) is 11.0. The lowest BCUT2D eigenvalue weighted by atomic mass is 10.1. The van der Waals surface area contributed by atoms with E-state index in [-0.39, 0.29) is 5.91 Å². The molecule has 0 radical (unpaired) electrons. The van der Waals surface area contributed by atoms with Crippen LogP contribution in [0.25, 0.3) is 11.3 Å². The van der Waals surface area contributed by atoms with Crippen molar-refractivity contribution in [1.82, 2.24) is 25.2 Å². The fourth-order valence-electron chi connectivity index (χ4n) is 4.11. The maximum Gasteiger partial charge on any atom is 0.276 e. The number of carbonyl (C=O) groups excluding carboxylic acids is 1. The van der Waals surface area contributed by atoms with Crippen LogP contribution >= 0.6 is 0 Å². The highest BCUT2D eigenvalue weighted by Gasteiger charge is 2.26. The van der Waals surface area contributed by atoms with Gasteiger partial charge in [-0.25, -0.2) is 0 Å². The number of hydrogen-bond donors (Lipinski definition) is 0. The molecule has 2 fully saturated rings. The Bertz CT molecular complexity index is 1040. The Morgan fingerprint density at radius 1 is 0.812 bits per heavy atom. The van der Waals surface area contributed by atoms with Crippen molar-refractivity contribution >= 4 is 17.5 Å². The number of hydrogen-bond acceptors (Lipinski definition) is 8. The van der Waals surface area contributed by atoms with Gasteiger partial charge in [0, 0.05) is 64.0 Å². The van der Waals surface area contributed by atoms with Gasteiger partial charge in [-0.1, -0.05) is 35.5 Å². The van der Waals surface area contributed by atoms with Crippen LogP contribution in [0.15, 0.2) is 53.1 Å². The Hall–Kier alpha value is -3.46. The van der Waals surface area contributed by atoms with Gasteiger partial charge in [0.15, 0.2) is 23.1 Å². The van der Waals surface area contributed by atoms with Crippen LogP contribution in [0.3, 0.4) is 0 Å². The van der Waals surface area contributed by atoms with Gasteiger partial charge in [-0.3, -0.25) is 4.79 Å². The summed E-state index contributed by atoms with van der Waals surface area (Å²) in [5.74, 6) is 2.27. The van der Waals surface area contributed by atoms with Crippen molar-refractivity contribution in [3.63, 3.8) is 0 Å². The summed E-state index contributed by atoms with van der Waals surface area (Å²) in [4.78, 5) is 21.5. The fraction of sp³-hybridized carbons (Fsp3) is 0.391. The van der Waals surface area contributed by atoms with Crippen molar-refractivity contribution in [2.45, 2.75) is 0 Å². The van der Waals surface area contributed by atoms with E-state index < -0.39 is 0 Å². The average Bonchev–Trinajstić information content (AvgIpc) is 3.35. The lowest BCUT2D eigenvalue weighted by Gasteiger charge is -2.35. The molecule has 0 spiro atoms. The van der Waals surface area contributed by atoms with Gasteiger partial charge in [0.05, 0.1) is 0 Å². The Balaban J connectivity index is 1.17. The summed E-state index contributed by atoms with van der Waals surface area (Å²) in [6, 6.07) is 15.5. The second-order valence-electron chi connectivity index (χ2n) is 8.26. The predicted octanol–water partition coefficient (Wildman–Crippen LogP) is 1.85. The van der Waals surface area contributed by atoms with Gasteiger partial charge >= 0.3 is 0 Å². The third-order valence-electron chi connectivity index (χ3n) is 6.14. The number of benzene rings is 1. The quantitative estimate of drug-likeness (QED) is 0.617. The molecule has 2 saturated heterocycles. The number of amides is 1. The van der Waals surface area contributed by atoms with Gasteiger partial charge in [0.25, 0.3) is 5.91 Å². The normalized spacial score (nSPS) is 17.6. The summed E-state index contributed by atoms with van der Waals surface area (Å²) in [7, 11) is 2.14. The third-order valence-corrected chi connectivity index (χ3v) is 6.14. The minimum atomic E-state index is -0.105. The standard InChI is InChI=1S/C23H27N7O2/c1-27-9-11-28(12-10-27)21-7-8-22(25-24-21)29-13-15-30(16-14-29)23(31)19-17-20(32-26-19)18-5-3-2-4-6-18/h2-8,17H,9-16H2,1H3. The smallest absolute Gasteiger partial charge is 0.276 e. The van der Waals surface area contributed by atoms with Crippen LogP contribution in [0.1, 0.15) is 10.5 Å². The van der Waals surface area contributed by atoms with Gasteiger partial charge in [-0.2, -0.15) is 0 Å². The zero-order valence-corrected chi connectivity index (χ0v) is 18.2. The fourth-order valence-corrected chi connectivity index (χ4v) is 4.11. The average molecular weight is 434 g/mol. The molecule has 0 bridgehead atoms. The molecule has 2 aliphatic rings. The number of anilines is 2. The molecule has 4 heterocycles. The van der Waals surface area contributed by atoms with Crippen molar-refractivity contribution in [2.24, 2.45) is 0 Å². The molecule has 2 aliphatic heterocycles. The molecule has 0 saturated carbocycles. The van der Waals surface area contributed by atoms with Gasteiger partial charge in [-0.15, -0.1) is 10.2 Å². The molecule has 1 amide bonds.